The molecule has 6 nitrogen and oxygen atoms in total. The molecule has 2 rings (SSSR count). The summed E-state index contributed by atoms with van der Waals surface area (Å²) in [6.45, 7) is 6.80. The topological polar surface area (TPSA) is 75.3 Å². The Bertz CT molecular complexity index is 659. The summed E-state index contributed by atoms with van der Waals surface area (Å²) in [5.74, 6) is 1.34. The van der Waals surface area contributed by atoms with E-state index in [9.17, 15) is 4.79 Å². The van der Waals surface area contributed by atoms with Gasteiger partial charge in [0.1, 0.15) is 5.82 Å². The third-order valence-corrected chi connectivity index (χ3v) is 3.15. The van der Waals surface area contributed by atoms with E-state index < -0.39 is 6.09 Å². The minimum atomic E-state index is -0.490. The van der Waals surface area contributed by atoms with Crippen LogP contribution in [0.3, 0.4) is 0 Å². The second-order valence-corrected chi connectivity index (χ2v) is 5.58. The van der Waals surface area contributed by atoms with Gasteiger partial charge in [-0.3, -0.25) is 5.32 Å². The van der Waals surface area contributed by atoms with Gasteiger partial charge in [0, 0.05) is 12.6 Å². The molecule has 0 saturated heterocycles. The molecule has 0 aliphatic rings. The third-order valence-electron chi connectivity index (χ3n) is 3.15. The quantitative estimate of drug-likeness (QED) is 0.714. The molecule has 0 radical (unpaired) electrons. The van der Waals surface area contributed by atoms with E-state index in [1.807, 2.05) is 44.2 Å². The fraction of sp³-hybridized carbons (Fsp3) is 0.333. The number of ether oxygens (including phenoxy) is 1. The summed E-state index contributed by atoms with van der Waals surface area (Å²) in [6, 6.07) is 13.9. The number of nitrogens with one attached hydrogen (secondary N) is 3. The van der Waals surface area contributed by atoms with Crippen molar-refractivity contribution in [3.05, 3.63) is 48.0 Å². The van der Waals surface area contributed by atoms with E-state index in [1.165, 1.54) is 5.56 Å². The average molecular weight is 328 g/mol. The van der Waals surface area contributed by atoms with Gasteiger partial charge in [0.15, 0.2) is 5.82 Å². The van der Waals surface area contributed by atoms with Gasteiger partial charge in [0.05, 0.1) is 12.3 Å². The maximum atomic E-state index is 11.6. The van der Waals surface area contributed by atoms with E-state index in [4.69, 9.17) is 4.74 Å². The lowest BCUT2D eigenvalue weighted by Crippen LogP contribution is -2.18. The number of rotatable bonds is 7. The number of pyridine rings is 1. The van der Waals surface area contributed by atoms with E-state index in [0.29, 0.717) is 24.7 Å². The van der Waals surface area contributed by atoms with Crippen LogP contribution in [0, 0.1) is 0 Å². The van der Waals surface area contributed by atoms with Crippen molar-refractivity contribution in [1.82, 2.24) is 4.98 Å². The first kappa shape index (κ1) is 17.6. The lowest BCUT2D eigenvalue weighted by Gasteiger charge is -2.16. The van der Waals surface area contributed by atoms with Crippen LogP contribution < -0.4 is 16.0 Å². The lowest BCUT2D eigenvalue weighted by atomic mass is 10.2. The maximum Gasteiger partial charge on any atom is 0.411 e. The van der Waals surface area contributed by atoms with Gasteiger partial charge in [-0.25, -0.2) is 9.78 Å². The molecular weight excluding hydrogens is 304 g/mol. The monoisotopic (exact) mass is 328 g/mol. The van der Waals surface area contributed by atoms with Crippen LogP contribution in [0.25, 0.3) is 0 Å². The average Bonchev–Trinajstić information content (AvgIpc) is 2.56. The first-order valence-corrected chi connectivity index (χ1v) is 8.07. The van der Waals surface area contributed by atoms with Gasteiger partial charge in [0.25, 0.3) is 0 Å². The molecule has 0 fully saturated rings. The number of hydrogen-bond donors (Lipinski definition) is 3. The molecule has 0 saturated carbocycles. The SMILES string of the molecule is CCOC(=O)Nc1ccc(NCc2ccccc2)nc1NC(C)C. The number of carbonyl (C=O) groups excluding carboxylic acids is 1. The van der Waals surface area contributed by atoms with E-state index in [-0.39, 0.29) is 6.04 Å². The highest BCUT2D eigenvalue weighted by Crippen LogP contribution is 2.23. The molecule has 1 amide bonds. The Morgan fingerprint density at radius 3 is 2.58 bits per heavy atom. The molecule has 6 heteroatoms. The summed E-state index contributed by atoms with van der Waals surface area (Å²) in [5.41, 5.74) is 1.76. The fourth-order valence-electron chi connectivity index (χ4n) is 2.11. The van der Waals surface area contributed by atoms with Crippen molar-refractivity contribution in [2.45, 2.75) is 33.4 Å². The molecule has 24 heavy (non-hydrogen) atoms. The number of nitrogens with zero attached hydrogens (tertiary/aromatic N) is 1. The number of hydrogen-bond acceptors (Lipinski definition) is 5. The van der Waals surface area contributed by atoms with Crippen molar-refractivity contribution in [1.29, 1.82) is 0 Å². The zero-order chi connectivity index (χ0) is 17.4. The summed E-state index contributed by atoms with van der Waals surface area (Å²) in [7, 11) is 0. The van der Waals surface area contributed by atoms with Gasteiger partial charge in [-0.15, -0.1) is 0 Å². The van der Waals surface area contributed by atoms with E-state index in [2.05, 4.69) is 33.1 Å². The third kappa shape index (κ3) is 5.46. The smallest absolute Gasteiger partial charge is 0.411 e. The Morgan fingerprint density at radius 1 is 1.17 bits per heavy atom. The van der Waals surface area contributed by atoms with Crippen molar-refractivity contribution in [3.63, 3.8) is 0 Å². The molecule has 128 valence electrons. The standard InChI is InChI=1S/C18H24N4O2/c1-4-24-18(23)21-15-10-11-16(22-17(15)20-13(2)3)19-12-14-8-6-5-7-9-14/h5-11,13H,4,12H2,1-3H3,(H,21,23)(H2,19,20,22). The molecule has 3 N–H and O–H groups in total. The van der Waals surface area contributed by atoms with Crippen LogP contribution in [0.15, 0.2) is 42.5 Å². The van der Waals surface area contributed by atoms with E-state index in [1.54, 1.807) is 6.92 Å². The number of benzene rings is 1. The first-order valence-electron chi connectivity index (χ1n) is 8.07. The van der Waals surface area contributed by atoms with Crippen LogP contribution >= 0.6 is 0 Å². The predicted octanol–water partition coefficient (Wildman–Crippen LogP) is 4.08. The number of amides is 1. The largest absolute Gasteiger partial charge is 0.450 e. The van der Waals surface area contributed by atoms with E-state index in [0.717, 1.165) is 5.82 Å². The van der Waals surface area contributed by atoms with Crippen molar-refractivity contribution in [2.24, 2.45) is 0 Å². The molecule has 0 aliphatic carbocycles. The van der Waals surface area contributed by atoms with Crippen LogP contribution in [0.1, 0.15) is 26.3 Å². The first-order chi connectivity index (χ1) is 11.6. The Labute approximate surface area is 142 Å². The molecule has 1 aromatic carbocycles. The maximum absolute atomic E-state index is 11.6. The number of aromatic nitrogens is 1. The minimum absolute atomic E-state index is 0.185. The van der Waals surface area contributed by atoms with Crippen molar-refractivity contribution >= 4 is 23.4 Å². The van der Waals surface area contributed by atoms with Gasteiger partial charge in [-0.1, -0.05) is 30.3 Å². The molecule has 1 aromatic heterocycles. The van der Waals surface area contributed by atoms with Crippen molar-refractivity contribution in [2.75, 3.05) is 22.6 Å². The van der Waals surface area contributed by atoms with Crippen molar-refractivity contribution < 1.29 is 9.53 Å². The lowest BCUT2D eigenvalue weighted by molar-refractivity contribution is 0.168. The second kappa shape index (κ2) is 8.76. The normalized spacial score (nSPS) is 10.3. The number of anilines is 3. The molecular formula is C18H24N4O2. The fourth-order valence-corrected chi connectivity index (χ4v) is 2.11. The van der Waals surface area contributed by atoms with E-state index >= 15 is 0 Å². The molecule has 0 aliphatic heterocycles. The van der Waals surface area contributed by atoms with Gasteiger partial charge in [0.2, 0.25) is 0 Å². The number of carbonyl (C=O) groups is 1. The highest BCUT2D eigenvalue weighted by Gasteiger charge is 2.11. The Balaban J connectivity index is 2.11. The van der Waals surface area contributed by atoms with Crippen LogP contribution in [-0.2, 0) is 11.3 Å². The predicted molar refractivity (Wildman–Crippen MR) is 97.4 cm³/mol. The van der Waals surface area contributed by atoms with Crippen LogP contribution in [0.2, 0.25) is 0 Å². The summed E-state index contributed by atoms with van der Waals surface area (Å²) in [5, 5.41) is 9.23. The van der Waals surface area contributed by atoms with Crippen molar-refractivity contribution in [3.8, 4) is 0 Å². The molecule has 0 spiro atoms. The summed E-state index contributed by atoms with van der Waals surface area (Å²) in [4.78, 5) is 16.2. The second-order valence-electron chi connectivity index (χ2n) is 5.58. The summed E-state index contributed by atoms with van der Waals surface area (Å²) in [6.07, 6.45) is -0.490. The molecule has 0 unspecified atom stereocenters. The van der Waals surface area contributed by atoms with Gasteiger partial charge in [-0.2, -0.15) is 0 Å². The highest BCUT2D eigenvalue weighted by molar-refractivity contribution is 5.88. The van der Waals surface area contributed by atoms with Gasteiger partial charge >= 0.3 is 6.09 Å². The van der Waals surface area contributed by atoms with Crippen LogP contribution in [-0.4, -0.2) is 23.7 Å². The molecule has 0 atom stereocenters. The van der Waals surface area contributed by atoms with Crippen LogP contribution in [0.4, 0.5) is 22.1 Å². The Hall–Kier alpha value is -2.76. The van der Waals surface area contributed by atoms with Gasteiger partial charge in [-0.05, 0) is 38.5 Å². The zero-order valence-corrected chi connectivity index (χ0v) is 14.3. The van der Waals surface area contributed by atoms with Crippen LogP contribution in [0.5, 0.6) is 0 Å². The minimum Gasteiger partial charge on any atom is -0.450 e. The zero-order valence-electron chi connectivity index (χ0n) is 14.3. The summed E-state index contributed by atoms with van der Waals surface area (Å²) < 4.78 is 4.92. The molecule has 2 aromatic rings. The molecule has 1 heterocycles. The highest BCUT2D eigenvalue weighted by atomic mass is 16.5. The molecule has 0 bridgehead atoms. The van der Waals surface area contributed by atoms with Gasteiger partial charge < -0.3 is 15.4 Å². The summed E-state index contributed by atoms with van der Waals surface area (Å²) >= 11 is 0. The Kier molecular flexibility index (Phi) is 6.42. The Morgan fingerprint density at radius 2 is 1.92 bits per heavy atom.